The van der Waals surface area contributed by atoms with E-state index in [1.165, 1.54) is 0 Å². The molecule has 0 aromatic heterocycles. The lowest BCUT2D eigenvalue weighted by molar-refractivity contribution is 0.0992. The first-order chi connectivity index (χ1) is 5.52. The van der Waals surface area contributed by atoms with E-state index >= 15 is 0 Å². The number of hydrogen-bond donors (Lipinski definition) is 1. The number of hydrogen-bond acceptors (Lipinski definition) is 1. The zero-order valence-electron chi connectivity index (χ0n) is 5.77. The Kier molecular flexibility index (Phi) is 2.61. The highest BCUT2D eigenvalue weighted by atomic mass is 127. The van der Waals surface area contributed by atoms with Crippen molar-refractivity contribution in [1.29, 1.82) is 0 Å². The summed E-state index contributed by atoms with van der Waals surface area (Å²) in [5.41, 5.74) is 4.06. The van der Waals surface area contributed by atoms with Gasteiger partial charge in [-0.1, -0.05) is 0 Å². The van der Waals surface area contributed by atoms with Gasteiger partial charge >= 0.3 is 0 Å². The topological polar surface area (TPSA) is 43.1 Å². The fourth-order valence-electron chi connectivity index (χ4n) is 0.778. The van der Waals surface area contributed by atoms with E-state index in [0.717, 1.165) is 12.1 Å². The minimum atomic E-state index is -1.10. The molecule has 0 unspecified atom stereocenters. The van der Waals surface area contributed by atoms with Gasteiger partial charge in [0, 0.05) is 3.57 Å². The van der Waals surface area contributed by atoms with E-state index in [4.69, 9.17) is 5.73 Å². The average Bonchev–Trinajstić information content (AvgIpc) is 1.82. The second kappa shape index (κ2) is 3.34. The third-order valence-corrected chi connectivity index (χ3v) is 1.88. The van der Waals surface area contributed by atoms with Gasteiger partial charge in [0.25, 0.3) is 5.91 Å². The Bertz CT molecular complexity index is 317. The Labute approximate surface area is 80.9 Å². The van der Waals surface area contributed by atoms with Gasteiger partial charge in [-0.05, 0) is 34.7 Å². The van der Waals surface area contributed by atoms with Crippen molar-refractivity contribution < 1.29 is 13.6 Å². The number of carbonyl (C=O) groups excluding carboxylic acids is 1. The molecule has 1 rings (SSSR count). The molecular formula is C7H4F2INO. The summed E-state index contributed by atoms with van der Waals surface area (Å²) < 4.78 is 26.0. The monoisotopic (exact) mass is 283 g/mol. The van der Waals surface area contributed by atoms with E-state index in [1.54, 1.807) is 22.6 Å². The van der Waals surface area contributed by atoms with Crippen molar-refractivity contribution in [3.63, 3.8) is 0 Å². The summed E-state index contributed by atoms with van der Waals surface area (Å²) >= 11 is 1.74. The molecule has 2 N–H and O–H groups in total. The summed E-state index contributed by atoms with van der Waals surface area (Å²) in [7, 11) is 0. The highest BCUT2D eigenvalue weighted by Gasteiger charge is 2.14. The number of rotatable bonds is 1. The minimum Gasteiger partial charge on any atom is -0.365 e. The molecule has 12 heavy (non-hydrogen) atoms. The molecule has 0 radical (unpaired) electrons. The molecule has 2 nitrogen and oxygen atoms in total. The van der Waals surface area contributed by atoms with Crippen LogP contribution in [-0.2, 0) is 0 Å². The van der Waals surface area contributed by atoms with Gasteiger partial charge in [0.05, 0.1) is 0 Å². The largest absolute Gasteiger partial charge is 0.365 e. The molecule has 0 heterocycles. The number of carbonyl (C=O) groups is 1. The Hall–Kier alpha value is -0.720. The van der Waals surface area contributed by atoms with Gasteiger partial charge in [0.2, 0.25) is 0 Å². The maximum atomic E-state index is 12.8. The summed E-state index contributed by atoms with van der Waals surface area (Å²) in [4.78, 5) is 10.5. The summed E-state index contributed by atoms with van der Waals surface area (Å²) in [6, 6.07) is 2.09. The van der Waals surface area contributed by atoms with Crippen LogP contribution in [0.25, 0.3) is 0 Å². The molecule has 0 saturated carbocycles. The SMILES string of the molecule is NC(=O)c1c(F)cc(I)cc1F. The van der Waals surface area contributed by atoms with Gasteiger partial charge < -0.3 is 5.73 Å². The Balaban J connectivity index is 3.38. The third-order valence-electron chi connectivity index (χ3n) is 1.25. The smallest absolute Gasteiger partial charge is 0.254 e. The van der Waals surface area contributed by atoms with Crippen molar-refractivity contribution in [1.82, 2.24) is 0 Å². The van der Waals surface area contributed by atoms with E-state index in [-0.39, 0.29) is 0 Å². The first-order valence-corrected chi connectivity index (χ1v) is 4.04. The van der Waals surface area contributed by atoms with Crippen molar-refractivity contribution in [2.45, 2.75) is 0 Å². The summed E-state index contributed by atoms with van der Waals surface area (Å²) in [5.74, 6) is -2.94. The molecule has 0 aliphatic heterocycles. The Morgan fingerprint density at radius 3 is 2.08 bits per heavy atom. The number of nitrogens with two attached hydrogens (primary N) is 1. The van der Waals surface area contributed by atoms with Crippen LogP contribution < -0.4 is 5.73 Å². The molecular weight excluding hydrogens is 279 g/mol. The average molecular weight is 283 g/mol. The maximum absolute atomic E-state index is 12.8. The Morgan fingerprint density at radius 1 is 1.33 bits per heavy atom. The van der Waals surface area contributed by atoms with Crippen LogP contribution in [0.4, 0.5) is 8.78 Å². The van der Waals surface area contributed by atoms with E-state index in [2.05, 4.69) is 0 Å². The molecule has 0 spiro atoms. The van der Waals surface area contributed by atoms with Crippen LogP contribution >= 0.6 is 22.6 Å². The summed E-state index contributed by atoms with van der Waals surface area (Å²) in [5, 5.41) is 0. The molecule has 5 heteroatoms. The Morgan fingerprint density at radius 2 is 1.75 bits per heavy atom. The van der Waals surface area contributed by atoms with Gasteiger partial charge in [0.1, 0.15) is 17.2 Å². The molecule has 0 atom stereocenters. The van der Waals surface area contributed by atoms with Crippen molar-refractivity contribution in [3.8, 4) is 0 Å². The second-order valence-corrected chi connectivity index (χ2v) is 3.35. The van der Waals surface area contributed by atoms with Gasteiger partial charge in [-0.15, -0.1) is 0 Å². The zero-order valence-corrected chi connectivity index (χ0v) is 7.93. The van der Waals surface area contributed by atoms with Crippen LogP contribution in [0.2, 0.25) is 0 Å². The molecule has 0 aliphatic rings. The molecule has 0 bridgehead atoms. The first-order valence-electron chi connectivity index (χ1n) is 2.96. The summed E-state index contributed by atoms with van der Waals surface area (Å²) in [6.45, 7) is 0. The number of halogens is 3. The first kappa shape index (κ1) is 9.37. The van der Waals surface area contributed by atoms with Crippen LogP contribution in [-0.4, -0.2) is 5.91 Å². The van der Waals surface area contributed by atoms with Crippen molar-refractivity contribution in [2.75, 3.05) is 0 Å². The van der Waals surface area contributed by atoms with Crippen LogP contribution in [0, 0.1) is 15.2 Å². The van der Waals surface area contributed by atoms with Crippen molar-refractivity contribution >= 4 is 28.5 Å². The molecule has 0 fully saturated rings. The van der Waals surface area contributed by atoms with Gasteiger partial charge in [-0.2, -0.15) is 0 Å². The van der Waals surface area contributed by atoms with Gasteiger partial charge in [-0.25, -0.2) is 8.78 Å². The van der Waals surface area contributed by atoms with E-state index in [1.807, 2.05) is 0 Å². The number of amides is 1. The quantitative estimate of drug-likeness (QED) is 0.783. The number of benzene rings is 1. The highest BCUT2D eigenvalue weighted by Crippen LogP contribution is 2.15. The van der Waals surface area contributed by atoms with Crippen LogP contribution in [0.1, 0.15) is 10.4 Å². The fraction of sp³-hybridized carbons (Fsp3) is 0. The van der Waals surface area contributed by atoms with Gasteiger partial charge in [0.15, 0.2) is 0 Å². The maximum Gasteiger partial charge on any atom is 0.254 e. The predicted octanol–water partition coefficient (Wildman–Crippen LogP) is 1.67. The van der Waals surface area contributed by atoms with E-state index < -0.39 is 23.1 Å². The lowest BCUT2D eigenvalue weighted by Gasteiger charge is -2.00. The molecule has 1 aromatic carbocycles. The van der Waals surface area contributed by atoms with E-state index in [0.29, 0.717) is 3.57 Å². The summed E-state index contributed by atoms with van der Waals surface area (Å²) in [6.07, 6.45) is 0. The molecule has 1 aromatic rings. The fourth-order valence-corrected chi connectivity index (χ4v) is 1.32. The lowest BCUT2D eigenvalue weighted by atomic mass is 10.2. The lowest BCUT2D eigenvalue weighted by Crippen LogP contribution is -2.15. The van der Waals surface area contributed by atoms with Gasteiger partial charge in [-0.3, -0.25) is 4.79 Å². The van der Waals surface area contributed by atoms with Crippen molar-refractivity contribution in [2.24, 2.45) is 5.73 Å². The molecule has 64 valence electrons. The minimum absolute atomic E-state index is 0.382. The molecule has 0 saturated heterocycles. The third kappa shape index (κ3) is 1.71. The van der Waals surface area contributed by atoms with Crippen molar-refractivity contribution in [3.05, 3.63) is 32.9 Å². The number of primary amides is 1. The van der Waals surface area contributed by atoms with Crippen LogP contribution in [0.15, 0.2) is 12.1 Å². The molecule has 0 aliphatic carbocycles. The van der Waals surface area contributed by atoms with Crippen LogP contribution in [0.5, 0.6) is 0 Å². The molecule has 1 amide bonds. The van der Waals surface area contributed by atoms with Crippen LogP contribution in [0.3, 0.4) is 0 Å². The predicted molar refractivity (Wildman–Crippen MR) is 47.6 cm³/mol. The second-order valence-electron chi connectivity index (χ2n) is 2.11. The zero-order chi connectivity index (χ0) is 9.30. The standard InChI is InChI=1S/C7H4F2INO/c8-4-1-3(10)2-5(9)6(4)7(11)12/h1-2H,(H2,11,12). The highest BCUT2D eigenvalue weighted by molar-refractivity contribution is 14.1. The normalized spacial score (nSPS) is 9.92. The van der Waals surface area contributed by atoms with E-state index in [9.17, 15) is 13.6 Å².